The average molecular weight is 553 g/mol. The predicted octanol–water partition coefficient (Wildman–Crippen LogP) is 7.47. The number of nitrogens with zero attached hydrogens (tertiary/aromatic N) is 3. The van der Waals surface area contributed by atoms with E-state index >= 15 is 0 Å². The molecule has 1 amide bonds. The Kier molecular flexibility index (Phi) is 7.58. The van der Waals surface area contributed by atoms with E-state index < -0.39 is 17.8 Å². The van der Waals surface area contributed by atoms with Gasteiger partial charge in [-0.05, 0) is 59.0 Å². The molecule has 40 heavy (non-hydrogen) atoms. The molecule has 7 nitrogen and oxygen atoms in total. The zero-order chi connectivity index (χ0) is 28.2. The van der Waals surface area contributed by atoms with Crippen molar-refractivity contribution in [3.63, 3.8) is 0 Å². The van der Waals surface area contributed by atoms with Gasteiger partial charge in [-0.2, -0.15) is 4.98 Å². The number of hydrogen-bond acceptors (Lipinski definition) is 5. The lowest BCUT2D eigenvalue weighted by Gasteiger charge is -2.17. The first-order chi connectivity index (χ1) is 19.3. The van der Waals surface area contributed by atoms with Gasteiger partial charge in [-0.1, -0.05) is 77.4 Å². The van der Waals surface area contributed by atoms with E-state index in [1.807, 2.05) is 24.3 Å². The van der Waals surface area contributed by atoms with Crippen LogP contribution >= 0.6 is 11.6 Å². The van der Waals surface area contributed by atoms with Gasteiger partial charge < -0.3 is 14.9 Å². The molecule has 5 rings (SSSR count). The maximum Gasteiger partial charge on any atom is 0.255 e. The molecular weight excluding hydrogens is 531 g/mol. The van der Waals surface area contributed by atoms with Crippen molar-refractivity contribution >= 4 is 23.2 Å². The molecule has 1 atom stereocenters. The molecule has 0 aliphatic heterocycles. The predicted molar refractivity (Wildman–Crippen MR) is 150 cm³/mol. The second kappa shape index (κ2) is 11.4. The lowest BCUT2D eigenvalue weighted by atomic mass is 9.99. The minimum atomic E-state index is -0.680. The second-order valence-corrected chi connectivity index (χ2v) is 9.53. The number of hydrogen-bond donors (Lipinski definition) is 2. The highest BCUT2D eigenvalue weighted by Gasteiger charge is 2.24. The van der Waals surface area contributed by atoms with Crippen LogP contribution in [0.5, 0.6) is 5.75 Å². The standard InChI is InChI=1S/C31H22ClFN4O3/c1-18-35-31(40-37-18)28(15-19-3-5-20(6-4-19)23-9-13-27(33)26(32)17-23)36-30(39)25-16-22(10-14-29(25)38)21-7-11-24(34-2)12-8-21/h3-14,16-17,28,38H,15H2,1H3,(H,36,39)/t28-/m1/s1. The second-order valence-electron chi connectivity index (χ2n) is 9.13. The summed E-state index contributed by atoms with van der Waals surface area (Å²) in [6.07, 6.45) is 0.330. The number of carbonyl (C=O) groups is 1. The minimum Gasteiger partial charge on any atom is -0.507 e. The summed E-state index contributed by atoms with van der Waals surface area (Å²) < 4.78 is 18.9. The van der Waals surface area contributed by atoms with E-state index in [4.69, 9.17) is 22.7 Å². The molecule has 5 aromatic rings. The SMILES string of the molecule is [C-]#[N+]c1ccc(-c2ccc(O)c(C(=O)N[C@H](Cc3ccc(-c4ccc(F)c(Cl)c4)cc3)c3nc(C)no3)c2)cc1. The first-order valence-corrected chi connectivity index (χ1v) is 12.6. The normalized spacial score (nSPS) is 11.6. The first kappa shape index (κ1) is 26.6. The third-order valence-electron chi connectivity index (χ3n) is 6.36. The van der Waals surface area contributed by atoms with Crippen molar-refractivity contribution in [2.75, 3.05) is 0 Å². The van der Waals surface area contributed by atoms with Crippen molar-refractivity contribution in [2.45, 2.75) is 19.4 Å². The molecule has 0 bridgehead atoms. The average Bonchev–Trinajstić information content (AvgIpc) is 3.41. The van der Waals surface area contributed by atoms with Gasteiger partial charge in [0.15, 0.2) is 11.5 Å². The van der Waals surface area contributed by atoms with Crippen LogP contribution in [0.2, 0.25) is 5.02 Å². The number of nitrogens with one attached hydrogen (secondary N) is 1. The summed E-state index contributed by atoms with van der Waals surface area (Å²) in [5.74, 6) is -0.529. The Morgan fingerprint density at radius 3 is 2.25 bits per heavy atom. The van der Waals surface area contributed by atoms with Crippen LogP contribution in [0.1, 0.15) is 33.7 Å². The van der Waals surface area contributed by atoms with Gasteiger partial charge in [0.1, 0.15) is 17.6 Å². The number of aromatic hydroxyl groups is 1. The number of benzene rings is 4. The number of amides is 1. The molecule has 0 aliphatic rings. The van der Waals surface area contributed by atoms with E-state index in [-0.39, 0.29) is 22.2 Å². The molecule has 0 fully saturated rings. The van der Waals surface area contributed by atoms with Gasteiger partial charge in [0.05, 0.1) is 17.2 Å². The summed E-state index contributed by atoms with van der Waals surface area (Å²) in [5.41, 5.74) is 4.59. The highest BCUT2D eigenvalue weighted by molar-refractivity contribution is 6.31. The highest BCUT2D eigenvalue weighted by Crippen LogP contribution is 2.29. The van der Waals surface area contributed by atoms with E-state index in [2.05, 4.69) is 20.3 Å². The Bertz CT molecular complexity index is 1730. The van der Waals surface area contributed by atoms with Crippen LogP contribution in [0.4, 0.5) is 10.1 Å². The van der Waals surface area contributed by atoms with Crippen LogP contribution in [0, 0.1) is 19.3 Å². The molecule has 1 aromatic heterocycles. The number of phenolic OH excluding ortho intramolecular Hbond substituents is 1. The summed E-state index contributed by atoms with van der Waals surface area (Å²) in [4.78, 5) is 21.1. The van der Waals surface area contributed by atoms with Crippen molar-refractivity contribution < 1.29 is 18.8 Å². The maximum atomic E-state index is 13.6. The summed E-state index contributed by atoms with van der Waals surface area (Å²) in [6.45, 7) is 8.81. The largest absolute Gasteiger partial charge is 0.507 e. The number of aromatic nitrogens is 2. The molecule has 0 saturated carbocycles. The van der Waals surface area contributed by atoms with E-state index in [1.165, 1.54) is 12.1 Å². The minimum absolute atomic E-state index is 0.0452. The van der Waals surface area contributed by atoms with Crippen LogP contribution in [0.15, 0.2) is 89.5 Å². The lowest BCUT2D eigenvalue weighted by molar-refractivity contribution is 0.0925. The zero-order valence-corrected chi connectivity index (χ0v) is 22.0. The number of rotatable bonds is 7. The molecule has 9 heteroatoms. The fourth-order valence-corrected chi connectivity index (χ4v) is 4.44. The molecule has 0 radical (unpaired) electrons. The Hall–Kier alpha value is -5.00. The zero-order valence-electron chi connectivity index (χ0n) is 21.2. The summed E-state index contributed by atoms with van der Waals surface area (Å²) >= 11 is 5.93. The molecule has 4 aromatic carbocycles. The molecule has 0 aliphatic carbocycles. The quantitative estimate of drug-likeness (QED) is 0.204. The van der Waals surface area contributed by atoms with Gasteiger partial charge in [-0.15, -0.1) is 0 Å². The van der Waals surface area contributed by atoms with Gasteiger partial charge >= 0.3 is 0 Å². The number of phenols is 1. The molecule has 1 heterocycles. The van der Waals surface area contributed by atoms with Gasteiger partial charge in [0.2, 0.25) is 5.89 Å². The summed E-state index contributed by atoms with van der Waals surface area (Å²) in [7, 11) is 0. The maximum absolute atomic E-state index is 13.6. The van der Waals surface area contributed by atoms with Crippen LogP contribution in [0.3, 0.4) is 0 Å². The van der Waals surface area contributed by atoms with Crippen LogP contribution in [-0.4, -0.2) is 21.2 Å². The van der Waals surface area contributed by atoms with E-state index in [1.54, 1.807) is 55.5 Å². The first-order valence-electron chi connectivity index (χ1n) is 12.3. The molecule has 0 unspecified atom stereocenters. The highest BCUT2D eigenvalue weighted by atomic mass is 35.5. The Balaban J connectivity index is 1.39. The molecular formula is C31H22ClFN4O3. The molecule has 2 N–H and O–H groups in total. The van der Waals surface area contributed by atoms with E-state index in [0.29, 0.717) is 23.5 Å². The number of carbonyl (C=O) groups excluding carboxylic acids is 1. The Labute approximate surface area is 234 Å². The van der Waals surface area contributed by atoms with Crippen molar-refractivity contribution in [3.05, 3.63) is 130 Å². The smallest absolute Gasteiger partial charge is 0.255 e. The van der Waals surface area contributed by atoms with Crippen LogP contribution < -0.4 is 5.32 Å². The fourth-order valence-electron chi connectivity index (χ4n) is 4.26. The van der Waals surface area contributed by atoms with Crippen molar-refractivity contribution in [1.29, 1.82) is 0 Å². The summed E-state index contributed by atoms with van der Waals surface area (Å²) in [6, 6.07) is 23.1. The van der Waals surface area contributed by atoms with Crippen molar-refractivity contribution in [2.24, 2.45) is 0 Å². The van der Waals surface area contributed by atoms with E-state index in [9.17, 15) is 14.3 Å². The van der Waals surface area contributed by atoms with Crippen LogP contribution in [-0.2, 0) is 6.42 Å². The Morgan fingerprint density at radius 2 is 1.62 bits per heavy atom. The van der Waals surface area contributed by atoms with E-state index in [0.717, 1.165) is 22.3 Å². The fraction of sp³-hybridized carbons (Fsp3) is 0.0968. The van der Waals surface area contributed by atoms with Gasteiger partial charge in [-0.3, -0.25) is 4.79 Å². The topological polar surface area (TPSA) is 92.6 Å². The Morgan fingerprint density at radius 1 is 1.00 bits per heavy atom. The molecule has 0 saturated heterocycles. The van der Waals surface area contributed by atoms with Crippen molar-refractivity contribution in [1.82, 2.24) is 15.5 Å². The lowest BCUT2D eigenvalue weighted by Crippen LogP contribution is -2.30. The van der Waals surface area contributed by atoms with Crippen LogP contribution in [0.25, 0.3) is 27.1 Å². The third kappa shape index (κ3) is 5.85. The number of aryl methyl sites for hydroxylation is 1. The molecule has 198 valence electrons. The van der Waals surface area contributed by atoms with Gasteiger partial charge in [0.25, 0.3) is 5.91 Å². The monoisotopic (exact) mass is 552 g/mol. The van der Waals surface area contributed by atoms with Crippen molar-refractivity contribution in [3.8, 4) is 28.0 Å². The summed E-state index contributed by atoms with van der Waals surface area (Å²) in [5, 5.41) is 17.3. The van der Waals surface area contributed by atoms with Gasteiger partial charge in [-0.25, -0.2) is 9.24 Å². The molecule has 0 spiro atoms. The third-order valence-corrected chi connectivity index (χ3v) is 6.65. The van der Waals surface area contributed by atoms with Gasteiger partial charge in [0, 0.05) is 6.42 Å². The number of halogens is 2.